The van der Waals surface area contributed by atoms with Gasteiger partial charge in [0, 0.05) is 17.6 Å². The Balaban J connectivity index is 2.04. The van der Waals surface area contributed by atoms with Crippen LogP contribution in [0.3, 0.4) is 0 Å². The number of carbonyl (C=O) groups excluding carboxylic acids is 2. The molecule has 0 radical (unpaired) electrons. The van der Waals surface area contributed by atoms with Gasteiger partial charge >= 0.3 is 0 Å². The number of nitrogens with one attached hydrogen (secondary N) is 2. The molecule has 1 fully saturated rings. The second-order valence-electron chi connectivity index (χ2n) is 5.12. The number of benzene rings is 1. The molecule has 1 saturated heterocycles. The van der Waals surface area contributed by atoms with Gasteiger partial charge in [0.1, 0.15) is 0 Å². The van der Waals surface area contributed by atoms with Crippen LogP contribution in [0.1, 0.15) is 30.1 Å². The molecule has 1 aliphatic rings. The molecule has 1 aliphatic heterocycles. The Morgan fingerprint density at radius 2 is 2.20 bits per heavy atom. The standard InChI is InChI=1S/C14H18ClN3O2/c1-8-6-9(4-5-17-8)14(20)18-10-2-3-11(13(16)19)12(15)7-10/h2-3,7-9,17H,4-6H2,1H3,(H2,16,19)(H,18,20). The van der Waals surface area contributed by atoms with Gasteiger partial charge in [-0.1, -0.05) is 11.6 Å². The van der Waals surface area contributed by atoms with E-state index in [1.54, 1.807) is 12.1 Å². The van der Waals surface area contributed by atoms with Crippen LogP contribution >= 0.6 is 11.6 Å². The summed E-state index contributed by atoms with van der Waals surface area (Å²) in [6.45, 7) is 2.92. The van der Waals surface area contributed by atoms with Gasteiger partial charge in [-0.15, -0.1) is 0 Å². The van der Waals surface area contributed by atoms with E-state index in [2.05, 4.69) is 17.6 Å². The van der Waals surface area contributed by atoms with E-state index < -0.39 is 5.91 Å². The highest BCUT2D eigenvalue weighted by molar-refractivity contribution is 6.34. The third-order valence-corrected chi connectivity index (χ3v) is 3.81. The van der Waals surface area contributed by atoms with Crippen LogP contribution in [0.15, 0.2) is 18.2 Å². The zero-order chi connectivity index (χ0) is 14.7. The van der Waals surface area contributed by atoms with Gasteiger partial charge in [0.2, 0.25) is 11.8 Å². The quantitative estimate of drug-likeness (QED) is 0.794. The summed E-state index contributed by atoms with van der Waals surface area (Å²) in [5.41, 5.74) is 6.01. The summed E-state index contributed by atoms with van der Waals surface area (Å²) >= 11 is 5.95. The number of anilines is 1. The zero-order valence-electron chi connectivity index (χ0n) is 11.3. The van der Waals surface area contributed by atoms with Crippen LogP contribution in [0, 0.1) is 5.92 Å². The molecular formula is C14H18ClN3O2. The van der Waals surface area contributed by atoms with Crippen LogP contribution < -0.4 is 16.4 Å². The van der Waals surface area contributed by atoms with Crippen LogP contribution in [-0.4, -0.2) is 24.4 Å². The van der Waals surface area contributed by atoms with Gasteiger partial charge in [0.15, 0.2) is 0 Å². The molecule has 2 unspecified atom stereocenters. The SMILES string of the molecule is CC1CC(C(=O)Nc2ccc(C(N)=O)c(Cl)c2)CCN1. The fourth-order valence-corrected chi connectivity index (χ4v) is 2.68. The van der Waals surface area contributed by atoms with E-state index in [0.29, 0.717) is 11.7 Å². The smallest absolute Gasteiger partial charge is 0.250 e. The minimum Gasteiger partial charge on any atom is -0.366 e. The van der Waals surface area contributed by atoms with E-state index in [-0.39, 0.29) is 22.4 Å². The first-order valence-electron chi connectivity index (χ1n) is 6.61. The van der Waals surface area contributed by atoms with Gasteiger partial charge in [0.25, 0.3) is 0 Å². The van der Waals surface area contributed by atoms with E-state index in [9.17, 15) is 9.59 Å². The number of halogens is 1. The first-order chi connectivity index (χ1) is 9.47. The van der Waals surface area contributed by atoms with Crippen LogP contribution in [-0.2, 0) is 4.79 Å². The van der Waals surface area contributed by atoms with Crippen molar-refractivity contribution in [1.29, 1.82) is 0 Å². The number of carbonyl (C=O) groups is 2. The highest BCUT2D eigenvalue weighted by atomic mass is 35.5. The molecule has 0 spiro atoms. The normalized spacial score (nSPS) is 22.3. The van der Waals surface area contributed by atoms with Gasteiger partial charge in [-0.05, 0) is 44.5 Å². The molecule has 6 heteroatoms. The van der Waals surface area contributed by atoms with E-state index in [4.69, 9.17) is 17.3 Å². The Bertz CT molecular complexity index is 533. The van der Waals surface area contributed by atoms with E-state index in [1.165, 1.54) is 6.07 Å². The van der Waals surface area contributed by atoms with E-state index in [1.807, 2.05) is 0 Å². The molecule has 1 aromatic rings. The number of nitrogens with two attached hydrogens (primary N) is 1. The minimum absolute atomic E-state index is 0.000780. The first-order valence-corrected chi connectivity index (χ1v) is 6.98. The molecule has 108 valence electrons. The summed E-state index contributed by atoms with van der Waals surface area (Å²) in [7, 11) is 0. The first kappa shape index (κ1) is 14.8. The molecule has 1 heterocycles. The minimum atomic E-state index is -0.583. The van der Waals surface area contributed by atoms with Gasteiger partial charge in [-0.25, -0.2) is 0 Å². The molecule has 0 bridgehead atoms. The summed E-state index contributed by atoms with van der Waals surface area (Å²) in [5, 5.41) is 6.39. The van der Waals surface area contributed by atoms with Crippen molar-refractivity contribution in [1.82, 2.24) is 5.32 Å². The number of primary amides is 1. The Labute approximate surface area is 122 Å². The molecular weight excluding hydrogens is 278 g/mol. The zero-order valence-corrected chi connectivity index (χ0v) is 12.0. The van der Waals surface area contributed by atoms with Crippen LogP contribution in [0.25, 0.3) is 0 Å². The topological polar surface area (TPSA) is 84.2 Å². The van der Waals surface area contributed by atoms with Crippen molar-refractivity contribution in [2.24, 2.45) is 11.7 Å². The lowest BCUT2D eigenvalue weighted by molar-refractivity contribution is -0.120. The third-order valence-electron chi connectivity index (χ3n) is 3.50. The van der Waals surface area contributed by atoms with Crippen molar-refractivity contribution in [3.8, 4) is 0 Å². The lowest BCUT2D eigenvalue weighted by atomic mass is 9.92. The summed E-state index contributed by atoms with van der Waals surface area (Å²) in [6.07, 6.45) is 1.64. The fraction of sp³-hybridized carbons (Fsp3) is 0.429. The predicted octanol–water partition coefficient (Wildman–Crippen LogP) is 1.77. The maximum Gasteiger partial charge on any atom is 0.250 e. The van der Waals surface area contributed by atoms with Gasteiger partial charge in [-0.3, -0.25) is 9.59 Å². The summed E-state index contributed by atoms with van der Waals surface area (Å²) in [5.74, 6) is -0.595. The van der Waals surface area contributed by atoms with Gasteiger partial charge in [-0.2, -0.15) is 0 Å². The monoisotopic (exact) mass is 295 g/mol. The van der Waals surface area contributed by atoms with Gasteiger partial charge in [0.05, 0.1) is 10.6 Å². The third kappa shape index (κ3) is 3.49. The number of rotatable bonds is 3. The predicted molar refractivity (Wildman–Crippen MR) is 78.8 cm³/mol. The molecule has 4 N–H and O–H groups in total. The highest BCUT2D eigenvalue weighted by Gasteiger charge is 2.24. The second-order valence-corrected chi connectivity index (χ2v) is 5.53. The van der Waals surface area contributed by atoms with Crippen molar-refractivity contribution in [3.05, 3.63) is 28.8 Å². The molecule has 0 aliphatic carbocycles. The van der Waals surface area contributed by atoms with Gasteiger partial charge < -0.3 is 16.4 Å². The summed E-state index contributed by atoms with van der Waals surface area (Å²) in [6, 6.07) is 5.05. The average Bonchev–Trinajstić information content (AvgIpc) is 2.38. The second kappa shape index (κ2) is 6.24. The Kier molecular flexibility index (Phi) is 4.62. The molecule has 5 nitrogen and oxygen atoms in total. The van der Waals surface area contributed by atoms with E-state index in [0.717, 1.165) is 19.4 Å². The van der Waals surface area contributed by atoms with Crippen molar-refractivity contribution in [2.75, 3.05) is 11.9 Å². The van der Waals surface area contributed by atoms with Crippen LogP contribution in [0.2, 0.25) is 5.02 Å². The molecule has 2 atom stereocenters. The molecule has 2 rings (SSSR count). The fourth-order valence-electron chi connectivity index (χ4n) is 2.41. The van der Waals surface area contributed by atoms with Crippen LogP contribution in [0.4, 0.5) is 5.69 Å². The Morgan fingerprint density at radius 1 is 1.45 bits per heavy atom. The summed E-state index contributed by atoms with van der Waals surface area (Å²) in [4.78, 5) is 23.3. The largest absolute Gasteiger partial charge is 0.366 e. The lowest BCUT2D eigenvalue weighted by Crippen LogP contribution is -2.40. The maximum absolute atomic E-state index is 12.2. The molecule has 0 aromatic heterocycles. The van der Waals surface area contributed by atoms with Crippen LogP contribution in [0.5, 0.6) is 0 Å². The number of hydrogen-bond donors (Lipinski definition) is 3. The van der Waals surface area contributed by atoms with Crippen molar-refractivity contribution in [3.63, 3.8) is 0 Å². The molecule has 20 heavy (non-hydrogen) atoms. The summed E-state index contributed by atoms with van der Waals surface area (Å²) < 4.78 is 0. The number of piperidine rings is 1. The molecule has 0 saturated carbocycles. The van der Waals surface area contributed by atoms with Crippen molar-refractivity contribution in [2.45, 2.75) is 25.8 Å². The van der Waals surface area contributed by atoms with Crippen molar-refractivity contribution < 1.29 is 9.59 Å². The van der Waals surface area contributed by atoms with Crippen molar-refractivity contribution >= 4 is 29.1 Å². The number of hydrogen-bond acceptors (Lipinski definition) is 3. The molecule has 2 amide bonds. The Hall–Kier alpha value is -1.59. The highest BCUT2D eigenvalue weighted by Crippen LogP contribution is 2.23. The van der Waals surface area contributed by atoms with E-state index >= 15 is 0 Å². The molecule has 1 aromatic carbocycles. The number of amides is 2. The maximum atomic E-state index is 12.2. The lowest BCUT2D eigenvalue weighted by Gasteiger charge is -2.27. The Morgan fingerprint density at radius 3 is 2.80 bits per heavy atom. The average molecular weight is 296 g/mol.